The SMILES string of the molecule is CCc1nc(SCCO[C@H]2CCCC[C@H]2C)n[nH]1. The average Bonchev–Trinajstić information content (AvgIpc) is 2.84. The second-order valence-electron chi connectivity index (χ2n) is 4.94. The molecule has 1 aliphatic rings. The molecule has 1 heterocycles. The van der Waals surface area contributed by atoms with Gasteiger partial charge in [0.2, 0.25) is 5.16 Å². The summed E-state index contributed by atoms with van der Waals surface area (Å²) in [5, 5.41) is 7.93. The first kappa shape index (κ1) is 13.9. The predicted octanol–water partition coefficient (Wildman–Crippen LogP) is 3.05. The van der Waals surface area contributed by atoms with Crippen molar-refractivity contribution in [2.75, 3.05) is 12.4 Å². The Morgan fingerprint density at radius 3 is 2.94 bits per heavy atom. The summed E-state index contributed by atoms with van der Waals surface area (Å²) in [7, 11) is 0. The Morgan fingerprint density at radius 1 is 1.39 bits per heavy atom. The van der Waals surface area contributed by atoms with E-state index >= 15 is 0 Å². The van der Waals surface area contributed by atoms with Gasteiger partial charge in [0.15, 0.2) is 0 Å². The maximum atomic E-state index is 5.96. The Morgan fingerprint density at radius 2 is 2.22 bits per heavy atom. The number of rotatable bonds is 6. The van der Waals surface area contributed by atoms with Crippen LogP contribution in [-0.2, 0) is 11.2 Å². The van der Waals surface area contributed by atoms with E-state index < -0.39 is 0 Å². The minimum absolute atomic E-state index is 0.470. The van der Waals surface area contributed by atoms with Crippen LogP contribution in [0.25, 0.3) is 0 Å². The number of aromatic amines is 1. The fraction of sp³-hybridized carbons (Fsp3) is 0.846. The molecule has 2 rings (SSSR count). The van der Waals surface area contributed by atoms with Crippen LogP contribution in [0.3, 0.4) is 0 Å². The average molecular weight is 269 g/mol. The summed E-state index contributed by atoms with van der Waals surface area (Å²) in [4.78, 5) is 4.37. The maximum absolute atomic E-state index is 5.96. The molecular weight excluding hydrogens is 246 g/mol. The molecule has 0 aliphatic heterocycles. The summed E-state index contributed by atoms with van der Waals surface area (Å²) in [6, 6.07) is 0. The first-order valence-electron chi connectivity index (χ1n) is 6.95. The molecule has 0 radical (unpaired) electrons. The fourth-order valence-electron chi connectivity index (χ4n) is 2.36. The lowest BCUT2D eigenvalue weighted by atomic mass is 9.88. The molecule has 1 fully saturated rings. The zero-order chi connectivity index (χ0) is 12.8. The molecule has 18 heavy (non-hydrogen) atoms. The number of H-pyrrole nitrogens is 1. The smallest absolute Gasteiger partial charge is 0.208 e. The third-order valence-corrected chi connectivity index (χ3v) is 4.34. The Hall–Kier alpha value is -0.550. The quantitative estimate of drug-likeness (QED) is 0.637. The van der Waals surface area contributed by atoms with Gasteiger partial charge in [0.25, 0.3) is 0 Å². The number of aromatic nitrogens is 3. The van der Waals surface area contributed by atoms with Gasteiger partial charge in [-0.3, -0.25) is 5.10 Å². The molecule has 0 amide bonds. The molecule has 1 aromatic heterocycles. The monoisotopic (exact) mass is 269 g/mol. The maximum Gasteiger partial charge on any atom is 0.208 e. The molecule has 1 saturated carbocycles. The summed E-state index contributed by atoms with van der Waals surface area (Å²) in [5.41, 5.74) is 0. The lowest BCUT2D eigenvalue weighted by Gasteiger charge is -2.28. The molecule has 1 N–H and O–H groups in total. The third-order valence-electron chi connectivity index (χ3n) is 3.53. The van der Waals surface area contributed by atoms with Crippen LogP contribution in [0, 0.1) is 5.92 Å². The Balaban J connectivity index is 1.63. The number of nitrogens with one attached hydrogen (secondary N) is 1. The van der Waals surface area contributed by atoms with Crippen molar-refractivity contribution in [3.8, 4) is 0 Å². The number of nitrogens with zero attached hydrogens (tertiary/aromatic N) is 2. The van der Waals surface area contributed by atoms with Gasteiger partial charge in [-0.2, -0.15) is 0 Å². The molecule has 0 spiro atoms. The van der Waals surface area contributed by atoms with Gasteiger partial charge in [-0.25, -0.2) is 4.98 Å². The second kappa shape index (κ2) is 7.14. The van der Waals surface area contributed by atoms with E-state index in [-0.39, 0.29) is 0 Å². The highest BCUT2D eigenvalue weighted by Crippen LogP contribution is 2.26. The Bertz CT molecular complexity index is 356. The molecule has 0 saturated heterocycles. The summed E-state index contributed by atoms with van der Waals surface area (Å²) in [6.45, 7) is 5.18. The molecule has 0 bridgehead atoms. The van der Waals surface area contributed by atoms with Gasteiger partial charge in [-0.15, -0.1) is 5.10 Å². The molecule has 0 aromatic carbocycles. The lowest BCUT2D eigenvalue weighted by Crippen LogP contribution is -2.26. The zero-order valence-corrected chi connectivity index (χ0v) is 12.1. The van der Waals surface area contributed by atoms with Crippen LogP contribution in [0.2, 0.25) is 0 Å². The van der Waals surface area contributed by atoms with Gasteiger partial charge in [0, 0.05) is 12.2 Å². The predicted molar refractivity (Wildman–Crippen MR) is 73.9 cm³/mol. The third kappa shape index (κ3) is 3.99. The van der Waals surface area contributed by atoms with Crippen LogP contribution in [0.4, 0.5) is 0 Å². The normalized spacial score (nSPS) is 24.3. The van der Waals surface area contributed by atoms with Gasteiger partial charge < -0.3 is 4.74 Å². The van der Waals surface area contributed by atoms with Gasteiger partial charge in [0.05, 0.1) is 12.7 Å². The Labute approximate surface area is 113 Å². The number of ether oxygens (including phenoxy) is 1. The van der Waals surface area contributed by atoms with Crippen molar-refractivity contribution in [3.05, 3.63) is 5.82 Å². The van der Waals surface area contributed by atoms with Gasteiger partial charge in [-0.1, -0.05) is 38.5 Å². The number of thioether (sulfide) groups is 1. The highest BCUT2D eigenvalue weighted by Gasteiger charge is 2.21. The van der Waals surface area contributed by atoms with E-state index in [0.717, 1.165) is 35.7 Å². The van der Waals surface area contributed by atoms with E-state index in [9.17, 15) is 0 Å². The van der Waals surface area contributed by atoms with E-state index in [0.29, 0.717) is 6.10 Å². The van der Waals surface area contributed by atoms with Gasteiger partial charge >= 0.3 is 0 Å². The van der Waals surface area contributed by atoms with Crippen LogP contribution >= 0.6 is 11.8 Å². The van der Waals surface area contributed by atoms with Crippen LogP contribution < -0.4 is 0 Å². The molecule has 2 atom stereocenters. The minimum Gasteiger partial charge on any atom is -0.377 e. The van der Waals surface area contributed by atoms with Gasteiger partial charge in [-0.05, 0) is 18.8 Å². The van der Waals surface area contributed by atoms with Gasteiger partial charge in [0.1, 0.15) is 5.82 Å². The summed E-state index contributed by atoms with van der Waals surface area (Å²) in [5.74, 6) is 2.61. The van der Waals surface area contributed by atoms with Crippen LogP contribution in [-0.4, -0.2) is 33.6 Å². The highest BCUT2D eigenvalue weighted by atomic mass is 32.2. The second-order valence-corrected chi connectivity index (χ2v) is 6.00. The first-order chi connectivity index (χ1) is 8.79. The van der Waals surface area contributed by atoms with E-state index in [1.165, 1.54) is 25.7 Å². The van der Waals surface area contributed by atoms with Crippen molar-refractivity contribution < 1.29 is 4.74 Å². The molecule has 1 aromatic rings. The largest absolute Gasteiger partial charge is 0.377 e. The van der Waals surface area contributed by atoms with Crippen LogP contribution in [0.1, 0.15) is 45.4 Å². The summed E-state index contributed by atoms with van der Waals surface area (Å²) < 4.78 is 5.96. The summed E-state index contributed by atoms with van der Waals surface area (Å²) >= 11 is 1.67. The highest BCUT2D eigenvalue weighted by molar-refractivity contribution is 7.99. The Kier molecular flexibility index (Phi) is 5.50. The molecule has 0 unspecified atom stereocenters. The molecule has 102 valence electrons. The zero-order valence-electron chi connectivity index (χ0n) is 11.3. The number of hydrogen-bond acceptors (Lipinski definition) is 4. The molecule has 5 heteroatoms. The van der Waals surface area contributed by atoms with Crippen LogP contribution in [0.5, 0.6) is 0 Å². The van der Waals surface area contributed by atoms with E-state index in [4.69, 9.17) is 4.74 Å². The topological polar surface area (TPSA) is 50.8 Å². The first-order valence-corrected chi connectivity index (χ1v) is 7.94. The standard InChI is InChI=1S/C13H23N3OS/c1-3-12-14-13(16-15-12)18-9-8-17-11-7-5-4-6-10(11)2/h10-11H,3-9H2,1-2H3,(H,14,15,16)/t10-,11+/m1/s1. The molecule has 1 aliphatic carbocycles. The lowest BCUT2D eigenvalue weighted by molar-refractivity contribution is 0.00345. The van der Waals surface area contributed by atoms with Crippen molar-refractivity contribution in [3.63, 3.8) is 0 Å². The van der Waals surface area contributed by atoms with Crippen molar-refractivity contribution in [1.29, 1.82) is 0 Å². The molecule has 4 nitrogen and oxygen atoms in total. The van der Waals surface area contributed by atoms with E-state index in [2.05, 4.69) is 29.0 Å². The van der Waals surface area contributed by atoms with E-state index in [1.807, 2.05) is 0 Å². The van der Waals surface area contributed by atoms with Crippen molar-refractivity contribution in [2.45, 2.75) is 57.2 Å². The summed E-state index contributed by atoms with van der Waals surface area (Å²) in [6.07, 6.45) is 6.61. The van der Waals surface area contributed by atoms with Crippen molar-refractivity contribution >= 4 is 11.8 Å². The number of hydrogen-bond donors (Lipinski definition) is 1. The molecular formula is C13H23N3OS. The number of aryl methyl sites for hydroxylation is 1. The van der Waals surface area contributed by atoms with E-state index in [1.54, 1.807) is 11.8 Å². The van der Waals surface area contributed by atoms with Crippen molar-refractivity contribution in [1.82, 2.24) is 15.2 Å². The van der Waals surface area contributed by atoms with Crippen molar-refractivity contribution in [2.24, 2.45) is 5.92 Å². The fourth-order valence-corrected chi connectivity index (χ4v) is 3.01. The minimum atomic E-state index is 0.470. The van der Waals surface area contributed by atoms with Crippen LogP contribution in [0.15, 0.2) is 5.16 Å².